The summed E-state index contributed by atoms with van der Waals surface area (Å²) in [6.07, 6.45) is 1.83. The van der Waals surface area contributed by atoms with E-state index in [1.165, 1.54) is 24.3 Å². The quantitative estimate of drug-likeness (QED) is 0.490. The number of rotatable bonds is 4. The van der Waals surface area contributed by atoms with E-state index >= 15 is 0 Å². The lowest BCUT2D eigenvalue weighted by Crippen LogP contribution is -2.57. The average Bonchev–Trinajstić information content (AvgIpc) is 2.93. The maximum absolute atomic E-state index is 13.3. The molecule has 118 valence electrons. The molecule has 0 amide bonds. The van der Waals surface area contributed by atoms with Crippen molar-refractivity contribution in [2.24, 2.45) is 0 Å². The number of nitrogens with zero attached hydrogens (tertiary/aromatic N) is 1. The molecule has 0 fully saturated rings. The van der Waals surface area contributed by atoms with Crippen molar-refractivity contribution in [3.8, 4) is 0 Å². The number of hydrogen-bond donors (Lipinski definition) is 1. The smallest absolute Gasteiger partial charge is 0.168 e. The molecular weight excluding hydrogens is 425 g/mol. The van der Waals surface area contributed by atoms with Crippen LogP contribution in [0.3, 0.4) is 0 Å². The van der Waals surface area contributed by atoms with Gasteiger partial charge in [0, 0.05) is 11.9 Å². The minimum atomic E-state index is -2.18. The predicted molar refractivity (Wildman–Crippen MR) is 98.7 cm³/mol. The molecule has 0 aliphatic rings. The number of benzene rings is 2. The Balaban J connectivity index is 2.07. The summed E-state index contributed by atoms with van der Waals surface area (Å²) in [4.78, 5) is 7.51. The van der Waals surface area contributed by atoms with E-state index in [2.05, 4.69) is 39.1 Å². The molecule has 2 nitrogen and oxygen atoms in total. The third-order valence-electron chi connectivity index (χ3n) is 4.10. The SMILES string of the molecule is C[Si](Cc1cnc(I)[nH]1)(c1ccc(F)cc1)c1ccc(F)cc1. The molecule has 0 spiro atoms. The summed E-state index contributed by atoms with van der Waals surface area (Å²) in [6.45, 7) is 2.21. The molecule has 2 aromatic carbocycles. The Morgan fingerprint density at radius 2 is 1.43 bits per heavy atom. The van der Waals surface area contributed by atoms with E-state index in [4.69, 9.17) is 0 Å². The van der Waals surface area contributed by atoms with E-state index in [0.717, 1.165) is 25.9 Å². The highest BCUT2D eigenvalue weighted by molar-refractivity contribution is 14.1. The lowest BCUT2D eigenvalue weighted by atomic mass is 10.3. The number of aromatic nitrogens is 2. The summed E-state index contributed by atoms with van der Waals surface area (Å²) in [5.41, 5.74) is 1.04. The Kier molecular flexibility index (Phi) is 4.63. The highest BCUT2D eigenvalue weighted by atomic mass is 127. The molecule has 0 radical (unpaired) electrons. The Morgan fingerprint density at radius 3 is 1.83 bits per heavy atom. The summed E-state index contributed by atoms with van der Waals surface area (Å²) in [7, 11) is -2.18. The van der Waals surface area contributed by atoms with E-state index < -0.39 is 8.07 Å². The van der Waals surface area contributed by atoms with Gasteiger partial charge < -0.3 is 4.98 Å². The van der Waals surface area contributed by atoms with Crippen LogP contribution in [0.15, 0.2) is 54.7 Å². The molecule has 0 unspecified atom stereocenters. The van der Waals surface area contributed by atoms with E-state index in [-0.39, 0.29) is 11.6 Å². The third-order valence-corrected chi connectivity index (χ3v) is 8.96. The van der Waals surface area contributed by atoms with Gasteiger partial charge in [-0.05, 0) is 52.9 Å². The van der Waals surface area contributed by atoms with Crippen LogP contribution in [0, 0.1) is 15.5 Å². The molecule has 0 saturated heterocycles. The van der Waals surface area contributed by atoms with Gasteiger partial charge in [-0.15, -0.1) is 0 Å². The van der Waals surface area contributed by atoms with Crippen molar-refractivity contribution in [2.75, 3.05) is 0 Å². The molecule has 1 aromatic heterocycles. The Bertz CT molecular complexity index is 755. The van der Waals surface area contributed by atoms with Crippen molar-refractivity contribution in [1.82, 2.24) is 9.97 Å². The topological polar surface area (TPSA) is 28.7 Å². The van der Waals surface area contributed by atoms with Gasteiger partial charge >= 0.3 is 0 Å². The van der Waals surface area contributed by atoms with Gasteiger partial charge in [0.25, 0.3) is 0 Å². The maximum Gasteiger partial charge on any atom is 0.168 e. The van der Waals surface area contributed by atoms with Crippen LogP contribution in [0.25, 0.3) is 0 Å². The normalized spacial score (nSPS) is 11.7. The summed E-state index contributed by atoms with van der Waals surface area (Å²) in [5.74, 6) is -0.499. The second kappa shape index (κ2) is 6.52. The number of imidazole rings is 1. The Hall–Kier alpha value is -1.54. The highest BCUT2D eigenvalue weighted by Crippen LogP contribution is 2.14. The van der Waals surface area contributed by atoms with Crippen molar-refractivity contribution in [3.05, 3.63) is 75.9 Å². The minimum absolute atomic E-state index is 0.250. The molecule has 3 aromatic rings. The second-order valence-corrected chi connectivity index (χ2v) is 10.9. The first-order valence-electron chi connectivity index (χ1n) is 7.19. The molecule has 23 heavy (non-hydrogen) atoms. The molecule has 6 heteroatoms. The van der Waals surface area contributed by atoms with Crippen LogP contribution in [0.1, 0.15) is 5.69 Å². The second-order valence-electron chi connectivity index (χ2n) is 5.72. The molecule has 0 aliphatic heterocycles. The molecule has 0 atom stereocenters. The molecule has 1 N–H and O–H groups in total. The molecular formula is C17H15F2IN2Si. The highest BCUT2D eigenvalue weighted by Gasteiger charge is 2.33. The zero-order valence-corrected chi connectivity index (χ0v) is 15.6. The third kappa shape index (κ3) is 3.53. The zero-order valence-electron chi connectivity index (χ0n) is 12.5. The number of hydrogen-bond acceptors (Lipinski definition) is 1. The van der Waals surface area contributed by atoms with Gasteiger partial charge in [0.15, 0.2) is 3.83 Å². The molecule has 3 rings (SSSR count). The number of halogens is 3. The van der Waals surface area contributed by atoms with Crippen LogP contribution < -0.4 is 10.4 Å². The molecule has 0 aliphatic carbocycles. The standard InChI is InChI=1S/C17H15F2IN2Si/c1-23(11-14-10-21-17(20)22-14,15-6-2-12(18)3-7-15)16-8-4-13(19)5-9-16/h2-10H,11H2,1H3,(H,21,22). The fourth-order valence-electron chi connectivity index (χ4n) is 2.81. The van der Waals surface area contributed by atoms with Gasteiger partial charge in [-0.1, -0.05) is 41.2 Å². The van der Waals surface area contributed by atoms with Gasteiger partial charge in [-0.3, -0.25) is 0 Å². The summed E-state index contributed by atoms with van der Waals surface area (Å²) >= 11 is 2.14. The van der Waals surface area contributed by atoms with Crippen LogP contribution in [-0.4, -0.2) is 18.0 Å². The monoisotopic (exact) mass is 440 g/mol. The Labute approximate surface area is 148 Å². The lowest BCUT2D eigenvalue weighted by Gasteiger charge is -2.28. The fourth-order valence-corrected chi connectivity index (χ4v) is 6.78. The van der Waals surface area contributed by atoms with Crippen molar-refractivity contribution in [1.29, 1.82) is 0 Å². The van der Waals surface area contributed by atoms with Crippen molar-refractivity contribution in [2.45, 2.75) is 12.6 Å². The van der Waals surface area contributed by atoms with Gasteiger partial charge in [0.1, 0.15) is 19.7 Å². The van der Waals surface area contributed by atoms with Gasteiger partial charge in [-0.25, -0.2) is 13.8 Å². The van der Waals surface area contributed by atoms with Crippen molar-refractivity contribution >= 4 is 41.0 Å². The van der Waals surface area contributed by atoms with Crippen LogP contribution in [-0.2, 0) is 6.04 Å². The van der Waals surface area contributed by atoms with Gasteiger partial charge in [0.2, 0.25) is 0 Å². The number of H-pyrrole nitrogens is 1. The van der Waals surface area contributed by atoms with E-state index in [1.54, 1.807) is 0 Å². The minimum Gasteiger partial charge on any atom is -0.338 e. The molecule has 0 bridgehead atoms. The predicted octanol–water partition coefficient (Wildman–Crippen LogP) is 3.27. The van der Waals surface area contributed by atoms with Gasteiger partial charge in [0.05, 0.1) is 0 Å². The summed E-state index contributed by atoms with van der Waals surface area (Å²) in [5, 5.41) is 2.21. The molecule has 0 saturated carbocycles. The average molecular weight is 440 g/mol. The van der Waals surface area contributed by atoms with Crippen LogP contribution >= 0.6 is 22.6 Å². The van der Waals surface area contributed by atoms with E-state index in [9.17, 15) is 8.78 Å². The van der Waals surface area contributed by atoms with Crippen LogP contribution in [0.4, 0.5) is 8.78 Å². The number of aromatic amines is 1. The Morgan fingerprint density at radius 1 is 0.957 bits per heavy atom. The zero-order chi connectivity index (χ0) is 16.4. The fraction of sp³-hybridized carbons (Fsp3) is 0.118. The maximum atomic E-state index is 13.3. The first kappa shape index (κ1) is 16.3. The number of nitrogens with one attached hydrogen (secondary N) is 1. The first-order chi connectivity index (χ1) is 11.0. The van der Waals surface area contributed by atoms with E-state index in [1.807, 2.05) is 30.5 Å². The summed E-state index contributed by atoms with van der Waals surface area (Å²) in [6, 6.07) is 14.1. The van der Waals surface area contributed by atoms with Crippen molar-refractivity contribution in [3.63, 3.8) is 0 Å². The summed E-state index contributed by atoms with van der Waals surface area (Å²) < 4.78 is 27.5. The molecule has 1 heterocycles. The largest absolute Gasteiger partial charge is 0.338 e. The first-order valence-corrected chi connectivity index (χ1v) is 11.0. The lowest BCUT2D eigenvalue weighted by molar-refractivity contribution is 0.628. The van der Waals surface area contributed by atoms with Crippen LogP contribution in [0.2, 0.25) is 6.55 Å². The van der Waals surface area contributed by atoms with Crippen LogP contribution in [0.5, 0.6) is 0 Å². The van der Waals surface area contributed by atoms with E-state index in [0.29, 0.717) is 0 Å². The van der Waals surface area contributed by atoms with Gasteiger partial charge in [-0.2, -0.15) is 0 Å². The van der Waals surface area contributed by atoms with Crippen molar-refractivity contribution < 1.29 is 8.78 Å².